The third kappa shape index (κ3) is 4.55. The molecule has 2 aromatic rings. The number of carboxylic acids is 1. The van der Waals surface area contributed by atoms with Crippen LogP contribution in [0.5, 0.6) is 0 Å². The topological polar surface area (TPSA) is 105 Å². The van der Waals surface area contributed by atoms with Crippen molar-refractivity contribution in [1.82, 2.24) is 10.6 Å². The molecule has 0 saturated heterocycles. The molecule has 0 heterocycles. The lowest BCUT2D eigenvalue weighted by Gasteiger charge is -2.22. The van der Waals surface area contributed by atoms with Crippen LogP contribution >= 0.6 is 0 Å². The molecule has 0 bridgehead atoms. The van der Waals surface area contributed by atoms with Gasteiger partial charge in [0.05, 0.1) is 5.92 Å². The van der Waals surface area contributed by atoms with Gasteiger partial charge in [0.15, 0.2) is 0 Å². The van der Waals surface area contributed by atoms with Crippen LogP contribution in [0, 0.1) is 17.8 Å². The molecule has 3 aliphatic carbocycles. The third-order valence-corrected chi connectivity index (χ3v) is 7.12. The molecule has 2 unspecified atom stereocenters. The van der Waals surface area contributed by atoms with Crippen LogP contribution in [0.1, 0.15) is 36.3 Å². The summed E-state index contributed by atoms with van der Waals surface area (Å²) in [6.45, 7) is 0.639. The van der Waals surface area contributed by atoms with Crippen LogP contribution < -0.4 is 10.6 Å². The Morgan fingerprint density at radius 3 is 2.32 bits per heavy atom. The average molecular weight is 461 g/mol. The van der Waals surface area contributed by atoms with Crippen LogP contribution in [0.2, 0.25) is 0 Å². The van der Waals surface area contributed by atoms with E-state index in [4.69, 9.17) is 4.74 Å². The molecule has 3 aliphatic rings. The molecular formula is C27H28N2O5. The van der Waals surface area contributed by atoms with Gasteiger partial charge in [-0.15, -0.1) is 0 Å². The summed E-state index contributed by atoms with van der Waals surface area (Å²) in [4.78, 5) is 36.0. The van der Waals surface area contributed by atoms with Crippen LogP contribution in [0.25, 0.3) is 11.1 Å². The molecule has 1 saturated carbocycles. The van der Waals surface area contributed by atoms with Crippen LogP contribution in [0.15, 0.2) is 60.7 Å². The molecule has 1 fully saturated rings. The number of carbonyl (C=O) groups excluding carboxylic acids is 2. The molecule has 5 rings (SSSR count). The van der Waals surface area contributed by atoms with Gasteiger partial charge in [-0.2, -0.15) is 0 Å². The third-order valence-electron chi connectivity index (χ3n) is 7.12. The fraction of sp³-hybridized carbons (Fsp3) is 0.370. The van der Waals surface area contributed by atoms with Gasteiger partial charge in [-0.25, -0.2) is 4.79 Å². The van der Waals surface area contributed by atoms with Crippen molar-refractivity contribution in [3.05, 3.63) is 71.8 Å². The summed E-state index contributed by atoms with van der Waals surface area (Å²) in [5.74, 6) is -1.45. The van der Waals surface area contributed by atoms with Gasteiger partial charge in [-0.3, -0.25) is 9.59 Å². The van der Waals surface area contributed by atoms with Crippen LogP contribution in [0.4, 0.5) is 4.79 Å². The summed E-state index contributed by atoms with van der Waals surface area (Å²) in [5.41, 5.74) is 4.69. The van der Waals surface area contributed by atoms with E-state index in [1.165, 1.54) is 11.1 Å². The minimum atomic E-state index is -0.833. The van der Waals surface area contributed by atoms with Crippen molar-refractivity contribution in [2.45, 2.75) is 31.2 Å². The van der Waals surface area contributed by atoms with E-state index in [0.717, 1.165) is 11.1 Å². The lowest BCUT2D eigenvalue weighted by molar-refractivity contribution is -0.142. The quantitative estimate of drug-likeness (QED) is 0.547. The largest absolute Gasteiger partial charge is 0.481 e. The average Bonchev–Trinajstić information content (AvgIpc) is 3.57. The Morgan fingerprint density at radius 2 is 1.65 bits per heavy atom. The first-order valence-corrected chi connectivity index (χ1v) is 11.8. The summed E-state index contributed by atoms with van der Waals surface area (Å²) in [5, 5.41) is 14.9. The number of rotatable bonds is 7. The molecule has 176 valence electrons. The summed E-state index contributed by atoms with van der Waals surface area (Å²) < 4.78 is 5.55. The Kier molecular flexibility index (Phi) is 6.09. The van der Waals surface area contributed by atoms with Gasteiger partial charge < -0.3 is 20.5 Å². The first kappa shape index (κ1) is 22.2. The van der Waals surface area contributed by atoms with E-state index in [0.29, 0.717) is 25.8 Å². The molecule has 3 N–H and O–H groups in total. The van der Waals surface area contributed by atoms with Crippen molar-refractivity contribution in [1.29, 1.82) is 0 Å². The molecule has 2 amide bonds. The van der Waals surface area contributed by atoms with E-state index < -0.39 is 18.0 Å². The van der Waals surface area contributed by atoms with Gasteiger partial charge in [0.1, 0.15) is 6.61 Å². The Labute approximate surface area is 198 Å². The molecule has 0 aliphatic heterocycles. The van der Waals surface area contributed by atoms with Crippen molar-refractivity contribution in [2.75, 3.05) is 13.2 Å². The first-order chi connectivity index (χ1) is 16.5. The van der Waals surface area contributed by atoms with E-state index >= 15 is 0 Å². The van der Waals surface area contributed by atoms with Crippen LogP contribution in [-0.4, -0.2) is 42.3 Å². The Balaban J connectivity index is 1.08. The minimum absolute atomic E-state index is 0.00998. The monoisotopic (exact) mass is 460 g/mol. The Bertz CT molecular complexity index is 1100. The summed E-state index contributed by atoms with van der Waals surface area (Å²) in [6.07, 6.45) is 4.81. The number of benzene rings is 2. The zero-order chi connectivity index (χ0) is 23.7. The SMILES string of the molecule is O=C(NC[C@H]1C[C@H]1C(=O)NC1C=CCC(C(=O)O)C1)OCC1c2ccccc2-c2ccccc21. The highest BCUT2D eigenvalue weighted by atomic mass is 16.5. The van der Waals surface area contributed by atoms with Crippen molar-refractivity contribution in [2.24, 2.45) is 17.8 Å². The van der Waals surface area contributed by atoms with Crippen molar-refractivity contribution >= 4 is 18.0 Å². The molecule has 2 aromatic carbocycles. The second kappa shape index (κ2) is 9.33. The van der Waals surface area contributed by atoms with Crippen molar-refractivity contribution < 1.29 is 24.2 Å². The number of fused-ring (bicyclic) bond motifs is 3. The maximum absolute atomic E-state index is 12.5. The zero-order valence-corrected chi connectivity index (χ0v) is 18.8. The standard InChI is InChI=1S/C27H28N2O5/c30-25(29-18-7-5-6-16(12-18)26(31)32)23-13-17(23)14-28-27(33)34-15-24-21-10-3-1-8-19(21)20-9-2-4-11-22(20)24/h1-5,7-11,16-18,23-24H,6,12-15H2,(H,28,33)(H,29,30)(H,31,32)/t16?,17-,18?,23-/m1/s1. The van der Waals surface area contributed by atoms with Gasteiger partial charge in [-0.05, 0) is 47.4 Å². The van der Waals surface area contributed by atoms with Gasteiger partial charge in [0.2, 0.25) is 5.91 Å². The number of amides is 2. The second-order valence-corrected chi connectivity index (χ2v) is 9.36. The first-order valence-electron chi connectivity index (χ1n) is 11.8. The lowest BCUT2D eigenvalue weighted by Crippen LogP contribution is -2.39. The lowest BCUT2D eigenvalue weighted by atomic mass is 9.91. The molecule has 0 radical (unpaired) electrons. The van der Waals surface area contributed by atoms with E-state index in [-0.39, 0.29) is 36.3 Å². The van der Waals surface area contributed by atoms with Gasteiger partial charge in [0, 0.05) is 24.4 Å². The molecule has 34 heavy (non-hydrogen) atoms. The number of hydrogen-bond donors (Lipinski definition) is 3. The molecule has 7 heteroatoms. The number of hydrogen-bond acceptors (Lipinski definition) is 4. The smallest absolute Gasteiger partial charge is 0.407 e. The number of alkyl carbamates (subject to hydrolysis) is 1. The van der Waals surface area contributed by atoms with E-state index in [1.54, 1.807) is 0 Å². The highest BCUT2D eigenvalue weighted by Gasteiger charge is 2.43. The van der Waals surface area contributed by atoms with E-state index in [9.17, 15) is 19.5 Å². The highest BCUT2D eigenvalue weighted by molar-refractivity contribution is 5.82. The van der Waals surface area contributed by atoms with Crippen LogP contribution in [-0.2, 0) is 14.3 Å². The number of ether oxygens (including phenoxy) is 1. The number of aliphatic carboxylic acids is 1. The van der Waals surface area contributed by atoms with E-state index in [2.05, 4.69) is 34.9 Å². The summed E-state index contributed by atoms with van der Waals surface area (Å²) in [6, 6.07) is 16.1. The zero-order valence-electron chi connectivity index (χ0n) is 18.8. The maximum atomic E-state index is 12.5. The number of nitrogens with one attached hydrogen (secondary N) is 2. The fourth-order valence-corrected chi connectivity index (χ4v) is 5.15. The normalized spacial score (nSPS) is 24.6. The molecule has 4 atom stereocenters. The maximum Gasteiger partial charge on any atom is 0.407 e. The molecule has 7 nitrogen and oxygen atoms in total. The van der Waals surface area contributed by atoms with Crippen molar-refractivity contribution in [3.63, 3.8) is 0 Å². The van der Waals surface area contributed by atoms with Crippen LogP contribution in [0.3, 0.4) is 0 Å². The van der Waals surface area contributed by atoms with E-state index in [1.807, 2.05) is 36.4 Å². The van der Waals surface area contributed by atoms with Gasteiger partial charge in [0.25, 0.3) is 0 Å². The van der Waals surface area contributed by atoms with Gasteiger partial charge >= 0.3 is 12.1 Å². The number of carboxylic acid groups (broad SMARTS) is 1. The second-order valence-electron chi connectivity index (χ2n) is 9.36. The molecular weight excluding hydrogens is 432 g/mol. The summed E-state index contributed by atoms with van der Waals surface area (Å²) >= 11 is 0. The number of allylic oxidation sites excluding steroid dienone is 1. The van der Waals surface area contributed by atoms with Crippen molar-refractivity contribution in [3.8, 4) is 11.1 Å². The fourth-order valence-electron chi connectivity index (χ4n) is 5.15. The molecule has 0 spiro atoms. The summed E-state index contributed by atoms with van der Waals surface area (Å²) in [7, 11) is 0. The molecule has 0 aromatic heterocycles. The van der Waals surface area contributed by atoms with Gasteiger partial charge in [-0.1, -0.05) is 60.7 Å². The predicted octanol–water partition coefficient (Wildman–Crippen LogP) is 3.70. The Hall–Kier alpha value is -3.61. The minimum Gasteiger partial charge on any atom is -0.481 e. The predicted molar refractivity (Wildman–Crippen MR) is 126 cm³/mol. The highest BCUT2D eigenvalue weighted by Crippen LogP contribution is 2.44. The number of carbonyl (C=O) groups is 3. The Morgan fingerprint density at radius 1 is 0.971 bits per heavy atom.